The number of ether oxygens (including phenoxy) is 1. The van der Waals surface area contributed by atoms with Gasteiger partial charge in [0.05, 0.1) is 45.7 Å². The Labute approximate surface area is 210 Å². The molecule has 36 heavy (non-hydrogen) atoms. The number of benzene rings is 1. The Morgan fingerprint density at radius 1 is 1.08 bits per heavy atom. The Balaban J connectivity index is 1.37. The lowest BCUT2D eigenvalue weighted by atomic mass is 10.1. The molecule has 2 aliphatic rings. The van der Waals surface area contributed by atoms with Crippen molar-refractivity contribution in [2.45, 2.75) is 23.3 Å². The van der Waals surface area contributed by atoms with E-state index in [0.717, 1.165) is 29.4 Å². The van der Waals surface area contributed by atoms with Gasteiger partial charge in [0.2, 0.25) is 5.95 Å². The summed E-state index contributed by atoms with van der Waals surface area (Å²) in [5.74, 6) is 0.333. The van der Waals surface area contributed by atoms with E-state index < -0.39 is 16.4 Å². The minimum absolute atomic E-state index is 0.0633. The van der Waals surface area contributed by atoms with Crippen LogP contribution in [0.3, 0.4) is 0 Å². The minimum Gasteiger partial charge on any atom is -0.385 e. The van der Waals surface area contributed by atoms with Gasteiger partial charge in [-0.25, -0.2) is 9.97 Å². The normalized spacial score (nSPS) is 17.8. The van der Waals surface area contributed by atoms with Crippen LogP contribution in [0, 0.1) is 0 Å². The maximum atomic E-state index is 13.1. The van der Waals surface area contributed by atoms with Gasteiger partial charge in [0.25, 0.3) is 5.91 Å². The fraction of sp³-hybridized carbons (Fsp3) is 0.308. The molecular weight excluding hydrogens is 478 g/mol. The van der Waals surface area contributed by atoms with Crippen LogP contribution < -0.4 is 0 Å². The number of pyridine rings is 1. The van der Waals surface area contributed by atoms with Crippen LogP contribution in [0.2, 0.25) is 0 Å². The fourth-order valence-electron chi connectivity index (χ4n) is 4.54. The number of morpholine rings is 1. The van der Waals surface area contributed by atoms with Crippen LogP contribution in [-0.2, 0) is 21.1 Å². The van der Waals surface area contributed by atoms with Crippen molar-refractivity contribution in [3.63, 3.8) is 0 Å². The lowest BCUT2D eigenvalue weighted by molar-refractivity contribution is 0.0303. The number of carbonyl (C=O) groups excluding carboxylic acids is 1. The zero-order valence-electron chi connectivity index (χ0n) is 19.8. The van der Waals surface area contributed by atoms with E-state index in [1.165, 1.54) is 0 Å². The molecule has 2 fully saturated rings. The number of rotatable bonds is 5. The molecule has 0 spiro atoms. The molecule has 1 unspecified atom stereocenters. The first-order chi connectivity index (χ1) is 17.4. The molecule has 1 atom stereocenters. The molecule has 1 amide bonds. The van der Waals surface area contributed by atoms with Crippen LogP contribution >= 0.6 is 0 Å². The third kappa shape index (κ3) is 4.11. The second kappa shape index (κ2) is 8.88. The Hall–Kier alpha value is -3.47. The fourth-order valence-corrected chi connectivity index (χ4v) is 5.27. The molecule has 0 radical (unpaired) electrons. The Bertz CT molecular complexity index is 1490. The van der Waals surface area contributed by atoms with Crippen LogP contribution in [0.25, 0.3) is 28.1 Å². The molecule has 3 aromatic heterocycles. The van der Waals surface area contributed by atoms with Gasteiger partial charge >= 0.3 is 0 Å². The first-order valence-electron chi connectivity index (χ1n) is 11.8. The minimum atomic E-state index is -1.24. The van der Waals surface area contributed by atoms with E-state index in [1.54, 1.807) is 46.6 Å². The summed E-state index contributed by atoms with van der Waals surface area (Å²) < 4.78 is 19.6. The van der Waals surface area contributed by atoms with Gasteiger partial charge in [-0.05, 0) is 42.7 Å². The number of amides is 1. The molecule has 4 aromatic rings. The van der Waals surface area contributed by atoms with E-state index in [4.69, 9.17) is 4.74 Å². The number of hydrogen-bond acceptors (Lipinski definition) is 7. The van der Waals surface area contributed by atoms with E-state index in [1.807, 2.05) is 24.3 Å². The van der Waals surface area contributed by atoms with Crippen molar-refractivity contribution in [3.8, 4) is 17.2 Å². The van der Waals surface area contributed by atoms with Crippen molar-refractivity contribution in [2.24, 2.45) is 0 Å². The lowest BCUT2D eigenvalue weighted by Gasteiger charge is -2.26. The summed E-state index contributed by atoms with van der Waals surface area (Å²) in [5.41, 5.74) is 2.77. The summed E-state index contributed by atoms with van der Waals surface area (Å²) in [6.45, 7) is 2.17. The number of carbonyl (C=O) groups is 1. The second-order valence-corrected chi connectivity index (χ2v) is 10.5. The molecular formula is C26H25N5O4S. The van der Waals surface area contributed by atoms with E-state index in [2.05, 4.69) is 15.0 Å². The van der Waals surface area contributed by atoms with Crippen LogP contribution in [0.5, 0.6) is 0 Å². The van der Waals surface area contributed by atoms with Gasteiger partial charge in [-0.2, -0.15) is 0 Å². The quantitative estimate of drug-likeness (QED) is 0.446. The van der Waals surface area contributed by atoms with Crippen LogP contribution in [0.1, 0.15) is 28.8 Å². The highest BCUT2D eigenvalue weighted by atomic mass is 32.2. The molecule has 6 rings (SSSR count). The topological polar surface area (TPSA) is 110 Å². The smallest absolute Gasteiger partial charge is 0.254 e. The van der Waals surface area contributed by atoms with Gasteiger partial charge in [-0.1, -0.05) is 6.07 Å². The molecule has 1 N–H and O–H groups in total. The largest absolute Gasteiger partial charge is 0.385 e. The highest BCUT2D eigenvalue weighted by molar-refractivity contribution is 7.84. The number of aliphatic hydroxyl groups is 1. The SMILES string of the molecule is CS(=O)c1cn(-c2ncc(-c3cc(C4(O)CC4)ccn3)cn2)c2cc(C(=O)N3CCOCC3)ccc12. The van der Waals surface area contributed by atoms with Gasteiger partial charge < -0.3 is 14.7 Å². The summed E-state index contributed by atoms with van der Waals surface area (Å²) in [4.78, 5) is 29.0. The third-order valence-electron chi connectivity index (χ3n) is 6.79. The lowest BCUT2D eigenvalue weighted by Crippen LogP contribution is -2.40. The molecule has 0 bridgehead atoms. The number of nitrogens with zero attached hydrogens (tertiary/aromatic N) is 5. The Morgan fingerprint density at radius 3 is 2.53 bits per heavy atom. The van der Waals surface area contributed by atoms with Crippen molar-refractivity contribution in [1.82, 2.24) is 24.4 Å². The van der Waals surface area contributed by atoms with Gasteiger partial charge in [0.15, 0.2) is 0 Å². The zero-order chi connectivity index (χ0) is 24.9. The predicted molar refractivity (Wildman–Crippen MR) is 134 cm³/mol. The summed E-state index contributed by atoms with van der Waals surface area (Å²) in [6, 6.07) is 9.13. The molecule has 1 aromatic carbocycles. The van der Waals surface area contributed by atoms with Crippen LogP contribution in [0.4, 0.5) is 0 Å². The van der Waals surface area contributed by atoms with E-state index in [0.29, 0.717) is 53.9 Å². The maximum Gasteiger partial charge on any atom is 0.254 e. The molecule has 1 saturated carbocycles. The van der Waals surface area contributed by atoms with Crippen molar-refractivity contribution in [2.75, 3.05) is 32.6 Å². The Kier molecular flexibility index (Phi) is 5.66. The van der Waals surface area contributed by atoms with E-state index in [-0.39, 0.29) is 5.91 Å². The van der Waals surface area contributed by atoms with Crippen molar-refractivity contribution < 1.29 is 18.8 Å². The summed E-state index contributed by atoms with van der Waals surface area (Å²) in [7, 11) is -1.24. The van der Waals surface area contributed by atoms with Gasteiger partial charge in [-0.15, -0.1) is 0 Å². The molecule has 1 aliphatic heterocycles. The molecule has 1 saturated heterocycles. The number of aromatic nitrogens is 4. The molecule has 1 aliphatic carbocycles. The standard InChI is InChI=1S/C26H25N5O4S/c1-36(34)23-16-31(22-12-17(2-3-20(22)23)24(32)30-8-10-35-11-9-30)25-28-14-18(15-29-25)21-13-19(4-7-27-21)26(33)5-6-26/h2-4,7,12-16,33H,5-6,8-11H2,1H3. The van der Waals surface area contributed by atoms with E-state index in [9.17, 15) is 14.1 Å². The molecule has 10 heteroatoms. The van der Waals surface area contributed by atoms with Crippen molar-refractivity contribution in [3.05, 3.63) is 66.2 Å². The van der Waals surface area contributed by atoms with E-state index >= 15 is 0 Å². The molecule has 9 nitrogen and oxygen atoms in total. The molecule has 184 valence electrons. The zero-order valence-corrected chi connectivity index (χ0v) is 20.6. The number of hydrogen-bond donors (Lipinski definition) is 1. The summed E-state index contributed by atoms with van der Waals surface area (Å²) >= 11 is 0. The monoisotopic (exact) mass is 503 g/mol. The van der Waals surface area contributed by atoms with Gasteiger partial charge in [0.1, 0.15) is 0 Å². The molecule has 4 heterocycles. The Morgan fingerprint density at radius 2 is 1.83 bits per heavy atom. The summed E-state index contributed by atoms with van der Waals surface area (Å²) in [5, 5.41) is 11.2. The third-order valence-corrected chi connectivity index (χ3v) is 7.74. The van der Waals surface area contributed by atoms with Gasteiger partial charge in [-0.3, -0.25) is 18.6 Å². The van der Waals surface area contributed by atoms with Crippen molar-refractivity contribution in [1.29, 1.82) is 0 Å². The highest BCUT2D eigenvalue weighted by Gasteiger charge is 2.42. The van der Waals surface area contributed by atoms with Crippen LogP contribution in [0.15, 0.2) is 60.0 Å². The highest BCUT2D eigenvalue weighted by Crippen LogP contribution is 2.45. The second-order valence-electron chi connectivity index (χ2n) is 9.19. The summed E-state index contributed by atoms with van der Waals surface area (Å²) in [6.07, 6.45) is 9.95. The average Bonchev–Trinajstić information content (AvgIpc) is 3.56. The average molecular weight is 504 g/mol. The van der Waals surface area contributed by atoms with Gasteiger partial charge in [0, 0.05) is 60.6 Å². The number of fused-ring (bicyclic) bond motifs is 1. The van der Waals surface area contributed by atoms with Crippen LogP contribution in [-0.4, -0.2) is 72.2 Å². The first-order valence-corrected chi connectivity index (χ1v) is 13.4. The predicted octanol–water partition coefficient (Wildman–Crippen LogP) is 2.67. The first kappa shape index (κ1) is 23.0. The maximum absolute atomic E-state index is 13.1. The van der Waals surface area contributed by atoms with Crippen molar-refractivity contribution >= 4 is 27.6 Å².